The Balaban J connectivity index is 2.55. The number of hydrogen-bond donors (Lipinski definition) is 0. The Labute approximate surface area is 78.7 Å². The monoisotopic (exact) mass is 205 g/mol. The smallest absolute Gasteiger partial charge is 0.377 e. The van der Waals surface area contributed by atoms with Gasteiger partial charge in [-0.15, -0.1) is 5.10 Å². The SMILES string of the molecule is COC(=O)c1ncn(CCC(F)F)n1. The molecule has 78 valence electrons. The van der Waals surface area contributed by atoms with Gasteiger partial charge in [-0.05, 0) is 0 Å². The third-order valence-corrected chi connectivity index (χ3v) is 1.48. The summed E-state index contributed by atoms with van der Waals surface area (Å²) in [5, 5.41) is 3.65. The van der Waals surface area contributed by atoms with E-state index in [2.05, 4.69) is 14.8 Å². The lowest BCUT2D eigenvalue weighted by Crippen LogP contribution is -2.07. The summed E-state index contributed by atoms with van der Waals surface area (Å²) >= 11 is 0. The van der Waals surface area contributed by atoms with E-state index in [1.165, 1.54) is 18.1 Å². The van der Waals surface area contributed by atoms with Crippen molar-refractivity contribution in [2.45, 2.75) is 19.4 Å². The minimum Gasteiger partial charge on any atom is -0.463 e. The van der Waals surface area contributed by atoms with Crippen molar-refractivity contribution in [3.8, 4) is 0 Å². The van der Waals surface area contributed by atoms with Gasteiger partial charge in [-0.25, -0.2) is 18.6 Å². The van der Waals surface area contributed by atoms with Crippen LogP contribution in [0.5, 0.6) is 0 Å². The Morgan fingerprint density at radius 3 is 3.00 bits per heavy atom. The molecule has 0 bridgehead atoms. The zero-order valence-corrected chi connectivity index (χ0v) is 7.48. The van der Waals surface area contributed by atoms with Gasteiger partial charge in [0.2, 0.25) is 6.43 Å². The van der Waals surface area contributed by atoms with E-state index in [-0.39, 0.29) is 18.8 Å². The topological polar surface area (TPSA) is 57.0 Å². The van der Waals surface area contributed by atoms with Gasteiger partial charge in [0, 0.05) is 13.0 Å². The summed E-state index contributed by atoms with van der Waals surface area (Å²) < 4.78 is 29.1. The van der Waals surface area contributed by atoms with Gasteiger partial charge in [0.05, 0.1) is 7.11 Å². The molecule has 0 saturated carbocycles. The summed E-state index contributed by atoms with van der Waals surface area (Å²) in [7, 11) is 1.20. The van der Waals surface area contributed by atoms with Crippen molar-refractivity contribution in [3.05, 3.63) is 12.2 Å². The number of carbonyl (C=O) groups excluding carboxylic acids is 1. The first kappa shape index (κ1) is 10.6. The molecule has 0 N–H and O–H groups in total. The summed E-state index contributed by atoms with van der Waals surface area (Å²) in [6.45, 7) is 0.0294. The third kappa shape index (κ3) is 2.75. The average molecular weight is 205 g/mol. The second kappa shape index (κ2) is 4.64. The van der Waals surface area contributed by atoms with Crippen molar-refractivity contribution < 1.29 is 18.3 Å². The number of hydrogen-bond acceptors (Lipinski definition) is 4. The van der Waals surface area contributed by atoms with Gasteiger partial charge in [-0.3, -0.25) is 4.68 Å². The Morgan fingerprint density at radius 1 is 1.71 bits per heavy atom. The number of carbonyl (C=O) groups is 1. The molecular formula is C7H9F2N3O2. The molecule has 0 fully saturated rings. The fraction of sp³-hybridized carbons (Fsp3) is 0.571. The Bertz CT molecular complexity index is 314. The summed E-state index contributed by atoms with van der Waals surface area (Å²) in [6.07, 6.45) is -1.49. The molecule has 1 aromatic rings. The lowest BCUT2D eigenvalue weighted by atomic mass is 10.4. The summed E-state index contributed by atoms with van der Waals surface area (Å²) in [6, 6.07) is 0. The lowest BCUT2D eigenvalue weighted by Gasteiger charge is -1.98. The molecule has 0 radical (unpaired) electrons. The van der Waals surface area contributed by atoms with E-state index < -0.39 is 12.4 Å². The Morgan fingerprint density at radius 2 is 2.43 bits per heavy atom. The molecule has 1 heterocycles. The van der Waals surface area contributed by atoms with E-state index in [1.54, 1.807) is 0 Å². The molecule has 0 atom stereocenters. The van der Waals surface area contributed by atoms with Gasteiger partial charge in [0.1, 0.15) is 6.33 Å². The molecule has 7 heteroatoms. The van der Waals surface area contributed by atoms with Crippen LogP contribution in [-0.4, -0.2) is 34.3 Å². The predicted octanol–water partition coefficient (Wildman–Crippen LogP) is 0.720. The molecule has 0 amide bonds. The second-order valence-electron chi connectivity index (χ2n) is 2.50. The van der Waals surface area contributed by atoms with Crippen molar-refractivity contribution >= 4 is 5.97 Å². The zero-order chi connectivity index (χ0) is 10.6. The van der Waals surface area contributed by atoms with E-state index in [9.17, 15) is 13.6 Å². The number of esters is 1. The highest BCUT2D eigenvalue weighted by molar-refractivity contribution is 5.84. The number of ether oxygens (including phenoxy) is 1. The Hall–Kier alpha value is -1.53. The summed E-state index contributed by atoms with van der Waals surface area (Å²) in [4.78, 5) is 14.5. The highest BCUT2D eigenvalue weighted by Gasteiger charge is 2.11. The van der Waals surface area contributed by atoms with Crippen LogP contribution >= 0.6 is 0 Å². The molecule has 5 nitrogen and oxygen atoms in total. The third-order valence-electron chi connectivity index (χ3n) is 1.48. The molecule has 14 heavy (non-hydrogen) atoms. The standard InChI is InChI=1S/C7H9F2N3O2/c1-14-7(13)6-10-4-12(11-6)3-2-5(8)9/h4-5H,2-3H2,1H3. The highest BCUT2D eigenvalue weighted by atomic mass is 19.3. The minimum atomic E-state index is -2.39. The van der Waals surface area contributed by atoms with E-state index in [1.807, 2.05) is 0 Å². The maximum Gasteiger partial charge on any atom is 0.377 e. The van der Waals surface area contributed by atoms with Crippen LogP contribution in [0.25, 0.3) is 0 Å². The number of nitrogens with zero attached hydrogens (tertiary/aromatic N) is 3. The van der Waals surface area contributed by atoms with E-state index in [0.717, 1.165) is 0 Å². The molecule has 0 aliphatic heterocycles. The molecule has 0 aromatic carbocycles. The molecule has 1 aromatic heterocycles. The van der Waals surface area contributed by atoms with Crippen LogP contribution in [0, 0.1) is 0 Å². The van der Waals surface area contributed by atoms with Crippen LogP contribution in [0.1, 0.15) is 17.0 Å². The van der Waals surface area contributed by atoms with Crippen molar-refractivity contribution in [2.24, 2.45) is 0 Å². The maximum atomic E-state index is 11.8. The van der Waals surface area contributed by atoms with E-state index >= 15 is 0 Å². The van der Waals surface area contributed by atoms with Gasteiger partial charge in [0.25, 0.3) is 5.82 Å². The van der Waals surface area contributed by atoms with Crippen molar-refractivity contribution in [1.82, 2.24) is 14.8 Å². The summed E-state index contributed by atoms with van der Waals surface area (Å²) in [5.41, 5.74) is 0. The molecule has 0 aliphatic carbocycles. The summed E-state index contributed by atoms with van der Waals surface area (Å²) in [5.74, 6) is -0.803. The molecule has 1 rings (SSSR count). The number of rotatable bonds is 4. The van der Waals surface area contributed by atoms with Crippen molar-refractivity contribution in [2.75, 3.05) is 7.11 Å². The van der Waals surface area contributed by atoms with E-state index in [0.29, 0.717) is 0 Å². The van der Waals surface area contributed by atoms with Crippen molar-refractivity contribution in [3.63, 3.8) is 0 Å². The first-order valence-electron chi connectivity index (χ1n) is 3.89. The van der Waals surface area contributed by atoms with Crippen LogP contribution in [0.2, 0.25) is 0 Å². The number of halogens is 2. The predicted molar refractivity (Wildman–Crippen MR) is 42.0 cm³/mol. The van der Waals surface area contributed by atoms with Gasteiger partial charge in [-0.1, -0.05) is 0 Å². The van der Waals surface area contributed by atoms with E-state index in [4.69, 9.17) is 0 Å². The molecule has 0 saturated heterocycles. The zero-order valence-electron chi connectivity index (χ0n) is 7.48. The first-order valence-corrected chi connectivity index (χ1v) is 3.89. The highest BCUT2D eigenvalue weighted by Crippen LogP contribution is 2.01. The molecular weight excluding hydrogens is 196 g/mol. The fourth-order valence-corrected chi connectivity index (χ4v) is 0.817. The largest absolute Gasteiger partial charge is 0.463 e. The lowest BCUT2D eigenvalue weighted by molar-refractivity contribution is 0.0586. The van der Waals surface area contributed by atoms with Crippen LogP contribution in [0.3, 0.4) is 0 Å². The van der Waals surface area contributed by atoms with Crippen LogP contribution in [-0.2, 0) is 11.3 Å². The van der Waals surface area contributed by atoms with Gasteiger partial charge in [0.15, 0.2) is 0 Å². The van der Waals surface area contributed by atoms with Crippen LogP contribution in [0.4, 0.5) is 8.78 Å². The van der Waals surface area contributed by atoms with Crippen LogP contribution < -0.4 is 0 Å². The van der Waals surface area contributed by atoms with Gasteiger partial charge >= 0.3 is 5.97 Å². The number of alkyl halides is 2. The maximum absolute atomic E-state index is 11.8. The van der Waals surface area contributed by atoms with Crippen LogP contribution in [0.15, 0.2) is 6.33 Å². The van der Waals surface area contributed by atoms with Gasteiger partial charge < -0.3 is 4.74 Å². The number of aryl methyl sites for hydroxylation is 1. The second-order valence-corrected chi connectivity index (χ2v) is 2.50. The normalized spacial score (nSPS) is 10.6. The number of aromatic nitrogens is 3. The fourth-order valence-electron chi connectivity index (χ4n) is 0.817. The number of methoxy groups -OCH3 is 1. The van der Waals surface area contributed by atoms with Gasteiger partial charge in [-0.2, -0.15) is 0 Å². The average Bonchev–Trinajstić information content (AvgIpc) is 2.62. The molecule has 0 unspecified atom stereocenters. The quantitative estimate of drug-likeness (QED) is 0.679. The Kier molecular flexibility index (Phi) is 3.49. The minimum absolute atomic E-state index is 0.0294. The molecule has 0 aliphatic rings. The first-order chi connectivity index (χ1) is 6.63. The van der Waals surface area contributed by atoms with Crippen molar-refractivity contribution in [1.29, 1.82) is 0 Å². The molecule has 0 spiro atoms.